The van der Waals surface area contributed by atoms with Crippen molar-refractivity contribution in [1.82, 2.24) is 15.2 Å². The highest BCUT2D eigenvalue weighted by Gasteiger charge is 2.30. The molecule has 2 aromatic rings. The van der Waals surface area contributed by atoms with Crippen LogP contribution in [0.4, 0.5) is 19.0 Å². The van der Waals surface area contributed by atoms with Gasteiger partial charge in [-0.25, -0.2) is 10.1 Å². The lowest BCUT2D eigenvalue weighted by molar-refractivity contribution is -0.137. The van der Waals surface area contributed by atoms with Gasteiger partial charge in [0.15, 0.2) is 0 Å². The Morgan fingerprint density at radius 1 is 1.17 bits per heavy atom. The molecule has 0 fully saturated rings. The van der Waals surface area contributed by atoms with E-state index in [1.807, 2.05) is 13.8 Å². The van der Waals surface area contributed by atoms with Gasteiger partial charge in [0, 0.05) is 18.3 Å². The van der Waals surface area contributed by atoms with Crippen LogP contribution < -0.4 is 10.9 Å². The molecule has 2 heterocycles. The monoisotopic (exact) mass is 326 g/mol. The van der Waals surface area contributed by atoms with Crippen LogP contribution in [0.5, 0.6) is 0 Å². The van der Waals surface area contributed by atoms with Gasteiger partial charge < -0.3 is 5.32 Å². The molecule has 2 rings (SSSR count). The van der Waals surface area contributed by atoms with E-state index in [2.05, 4.69) is 20.5 Å². The maximum atomic E-state index is 12.5. The van der Waals surface area contributed by atoms with Crippen LogP contribution >= 0.6 is 0 Å². The quantitative estimate of drug-likeness (QED) is 0.886. The van der Waals surface area contributed by atoms with E-state index in [1.54, 1.807) is 0 Å². The summed E-state index contributed by atoms with van der Waals surface area (Å²) in [5.41, 5.74) is 1.08. The number of alkyl halides is 3. The van der Waals surface area contributed by atoms with E-state index >= 15 is 0 Å². The molecular formula is C15H17F3N4O. The standard InChI is InChI=1S/C15H17F3N4O/c1-3-10-11(14(23)22-21-12(10)4-2)8-20-13-6-5-9(7-19-13)15(16,17)18/h5-7H,3-4,8H2,1-2H3,(H,19,20)(H,22,23). The summed E-state index contributed by atoms with van der Waals surface area (Å²) in [6.07, 6.45) is -2.32. The predicted molar refractivity (Wildman–Crippen MR) is 80.2 cm³/mol. The molecular weight excluding hydrogens is 309 g/mol. The van der Waals surface area contributed by atoms with Crippen molar-refractivity contribution in [2.24, 2.45) is 0 Å². The Morgan fingerprint density at radius 2 is 1.91 bits per heavy atom. The third kappa shape index (κ3) is 3.88. The van der Waals surface area contributed by atoms with Gasteiger partial charge in [0.05, 0.1) is 11.3 Å². The zero-order chi connectivity index (χ0) is 17.0. The Kier molecular flexibility index (Phi) is 5.02. The van der Waals surface area contributed by atoms with Crippen LogP contribution in [0.15, 0.2) is 23.1 Å². The minimum absolute atomic E-state index is 0.173. The van der Waals surface area contributed by atoms with E-state index in [0.717, 1.165) is 23.5 Å². The molecule has 0 aromatic carbocycles. The lowest BCUT2D eigenvalue weighted by Gasteiger charge is -2.12. The average Bonchev–Trinajstić information content (AvgIpc) is 2.52. The second-order valence-corrected chi connectivity index (χ2v) is 4.95. The van der Waals surface area contributed by atoms with Crippen LogP contribution in [-0.4, -0.2) is 15.2 Å². The lowest BCUT2D eigenvalue weighted by atomic mass is 10.0. The van der Waals surface area contributed by atoms with Crippen LogP contribution in [0.2, 0.25) is 0 Å². The Hall–Kier alpha value is -2.38. The molecule has 0 bridgehead atoms. The van der Waals surface area contributed by atoms with E-state index in [9.17, 15) is 18.0 Å². The first-order chi connectivity index (χ1) is 10.9. The molecule has 0 amide bonds. The van der Waals surface area contributed by atoms with Gasteiger partial charge in [-0.3, -0.25) is 4.79 Å². The smallest absolute Gasteiger partial charge is 0.366 e. The number of nitrogens with zero attached hydrogens (tertiary/aromatic N) is 2. The van der Waals surface area contributed by atoms with Crippen molar-refractivity contribution >= 4 is 5.82 Å². The number of aryl methyl sites for hydroxylation is 1. The zero-order valence-corrected chi connectivity index (χ0v) is 12.8. The molecule has 0 aliphatic heterocycles. The molecule has 2 N–H and O–H groups in total. The number of hydrogen-bond donors (Lipinski definition) is 2. The van der Waals surface area contributed by atoms with Gasteiger partial charge in [0.2, 0.25) is 0 Å². The first kappa shape index (κ1) is 17.0. The van der Waals surface area contributed by atoms with Crippen LogP contribution in [0.3, 0.4) is 0 Å². The van der Waals surface area contributed by atoms with Gasteiger partial charge in [-0.05, 0) is 30.5 Å². The Balaban J connectivity index is 2.20. The molecule has 5 nitrogen and oxygen atoms in total. The van der Waals surface area contributed by atoms with E-state index in [0.29, 0.717) is 18.4 Å². The van der Waals surface area contributed by atoms with Crippen molar-refractivity contribution in [2.75, 3.05) is 5.32 Å². The number of aromatic amines is 1. The average molecular weight is 326 g/mol. The highest BCUT2D eigenvalue weighted by atomic mass is 19.4. The number of anilines is 1. The third-order valence-corrected chi connectivity index (χ3v) is 3.50. The fourth-order valence-corrected chi connectivity index (χ4v) is 2.31. The summed E-state index contributed by atoms with van der Waals surface area (Å²) in [5, 5.41) is 9.34. The van der Waals surface area contributed by atoms with E-state index < -0.39 is 11.7 Å². The molecule has 0 atom stereocenters. The number of aromatic nitrogens is 3. The second-order valence-electron chi connectivity index (χ2n) is 4.95. The predicted octanol–water partition coefficient (Wildman–Crippen LogP) is 2.92. The van der Waals surface area contributed by atoms with Crippen molar-refractivity contribution in [2.45, 2.75) is 39.4 Å². The lowest BCUT2D eigenvalue weighted by Crippen LogP contribution is -2.22. The molecule has 0 aliphatic rings. The van der Waals surface area contributed by atoms with Gasteiger partial charge in [-0.15, -0.1) is 0 Å². The van der Waals surface area contributed by atoms with Crippen LogP contribution in [0.1, 0.15) is 36.2 Å². The van der Waals surface area contributed by atoms with Crippen molar-refractivity contribution < 1.29 is 13.2 Å². The van der Waals surface area contributed by atoms with Gasteiger partial charge in [-0.2, -0.15) is 18.3 Å². The number of hydrogen-bond acceptors (Lipinski definition) is 4. The van der Waals surface area contributed by atoms with E-state index in [4.69, 9.17) is 0 Å². The highest BCUT2D eigenvalue weighted by molar-refractivity contribution is 5.39. The summed E-state index contributed by atoms with van der Waals surface area (Å²) in [7, 11) is 0. The van der Waals surface area contributed by atoms with E-state index in [-0.39, 0.29) is 17.9 Å². The number of pyridine rings is 1. The molecule has 23 heavy (non-hydrogen) atoms. The fourth-order valence-electron chi connectivity index (χ4n) is 2.31. The summed E-state index contributed by atoms with van der Waals surface area (Å²) in [5.74, 6) is 0.273. The van der Waals surface area contributed by atoms with Gasteiger partial charge in [0.1, 0.15) is 5.82 Å². The molecule has 0 spiro atoms. The maximum absolute atomic E-state index is 12.5. The maximum Gasteiger partial charge on any atom is 0.417 e. The number of nitrogens with one attached hydrogen (secondary N) is 2. The number of rotatable bonds is 5. The topological polar surface area (TPSA) is 70.7 Å². The normalized spacial score (nSPS) is 11.5. The third-order valence-electron chi connectivity index (χ3n) is 3.50. The molecule has 0 unspecified atom stereocenters. The summed E-state index contributed by atoms with van der Waals surface area (Å²) < 4.78 is 37.5. The molecule has 8 heteroatoms. The SMILES string of the molecule is CCc1n[nH]c(=O)c(CNc2ccc(C(F)(F)F)cn2)c1CC. The Labute approximate surface area is 131 Å². The second kappa shape index (κ2) is 6.80. The van der Waals surface area contributed by atoms with Crippen molar-refractivity contribution in [3.05, 3.63) is 51.1 Å². The molecule has 0 radical (unpaired) electrons. The van der Waals surface area contributed by atoms with Gasteiger partial charge >= 0.3 is 6.18 Å². The highest BCUT2D eigenvalue weighted by Crippen LogP contribution is 2.28. The summed E-state index contributed by atoms with van der Waals surface area (Å²) in [6.45, 7) is 4.04. The number of H-pyrrole nitrogens is 1. The first-order valence-electron chi connectivity index (χ1n) is 7.23. The first-order valence-corrected chi connectivity index (χ1v) is 7.23. The molecule has 0 saturated carbocycles. The van der Waals surface area contributed by atoms with Crippen LogP contribution in [-0.2, 0) is 25.6 Å². The van der Waals surface area contributed by atoms with Gasteiger partial charge in [0.25, 0.3) is 5.56 Å². The van der Waals surface area contributed by atoms with Crippen molar-refractivity contribution in [3.63, 3.8) is 0 Å². The van der Waals surface area contributed by atoms with Crippen molar-refractivity contribution in [3.8, 4) is 0 Å². The minimum Gasteiger partial charge on any atom is -0.366 e. The van der Waals surface area contributed by atoms with Crippen LogP contribution in [0.25, 0.3) is 0 Å². The molecule has 0 aliphatic carbocycles. The summed E-state index contributed by atoms with van der Waals surface area (Å²) >= 11 is 0. The largest absolute Gasteiger partial charge is 0.417 e. The molecule has 2 aromatic heterocycles. The van der Waals surface area contributed by atoms with E-state index in [1.165, 1.54) is 6.07 Å². The minimum atomic E-state index is -4.42. The molecule has 124 valence electrons. The number of halogens is 3. The van der Waals surface area contributed by atoms with Crippen molar-refractivity contribution in [1.29, 1.82) is 0 Å². The summed E-state index contributed by atoms with van der Waals surface area (Å²) in [4.78, 5) is 15.7. The fraction of sp³-hybridized carbons (Fsp3) is 0.400. The van der Waals surface area contributed by atoms with Gasteiger partial charge in [-0.1, -0.05) is 13.8 Å². The zero-order valence-electron chi connectivity index (χ0n) is 12.8. The Morgan fingerprint density at radius 3 is 2.43 bits per heavy atom. The van der Waals surface area contributed by atoms with Crippen LogP contribution in [0, 0.1) is 0 Å². The molecule has 0 saturated heterocycles. The summed E-state index contributed by atoms with van der Waals surface area (Å²) in [6, 6.07) is 2.19. The Bertz CT molecular complexity index is 723.